The van der Waals surface area contributed by atoms with E-state index in [1.54, 1.807) is 91.9 Å². The second kappa shape index (κ2) is 11.2. The molecule has 4 aliphatic rings. The molecule has 0 radical (unpaired) electrons. The summed E-state index contributed by atoms with van der Waals surface area (Å²) in [4.78, 5) is 72.3. The topological polar surface area (TPSA) is 112 Å². The van der Waals surface area contributed by atoms with Gasteiger partial charge in [-0.05, 0) is 68.1 Å². The van der Waals surface area contributed by atoms with Crippen molar-refractivity contribution in [3.63, 3.8) is 0 Å². The summed E-state index contributed by atoms with van der Waals surface area (Å²) in [7, 11) is 0. The highest BCUT2D eigenvalue weighted by atomic mass is 19.1. The minimum Gasteiger partial charge on any atom is -0.505 e. The van der Waals surface area contributed by atoms with E-state index in [0.717, 1.165) is 15.9 Å². The molecule has 2 saturated heterocycles. The largest absolute Gasteiger partial charge is 0.505 e. The predicted molar refractivity (Wildman–Crippen MR) is 178 cm³/mol. The highest BCUT2D eigenvalue weighted by Crippen LogP contribution is 2.64. The van der Waals surface area contributed by atoms with E-state index in [1.807, 2.05) is 12.1 Å². The van der Waals surface area contributed by atoms with Crippen LogP contribution >= 0.6 is 0 Å². The summed E-state index contributed by atoms with van der Waals surface area (Å²) >= 11 is 0. The van der Waals surface area contributed by atoms with Gasteiger partial charge in [0, 0.05) is 22.6 Å². The SMILES string of the molecule is C[C@@]12C(=O)N(c3ccccc3)C(=O)[C@@H]1C[C@@H]1C(=CC[C@@H]3C(=O)N(c4ccc(C(=O)c5ccccc5)cc4)C(=O)[C@@H]31)[C@@H]2c1cccc(F)c1O. The number of aromatic hydroxyl groups is 1. The molecule has 6 atom stereocenters. The summed E-state index contributed by atoms with van der Waals surface area (Å²) in [5.74, 6) is -7.41. The number of phenolic OH excluding ortho intramolecular Hbond substituents is 1. The highest BCUT2D eigenvalue weighted by Gasteiger charge is 2.68. The van der Waals surface area contributed by atoms with Crippen molar-refractivity contribution < 1.29 is 33.5 Å². The molecule has 2 aliphatic heterocycles. The Bertz CT molecular complexity index is 2100. The van der Waals surface area contributed by atoms with Crippen LogP contribution in [0.25, 0.3) is 0 Å². The van der Waals surface area contributed by atoms with Gasteiger partial charge in [-0.3, -0.25) is 28.9 Å². The van der Waals surface area contributed by atoms with Gasteiger partial charge in [-0.2, -0.15) is 0 Å². The monoisotopic (exact) mass is 654 g/mol. The third kappa shape index (κ3) is 4.38. The number of allylic oxidation sites excluding steroid dienone is 2. The molecule has 8 rings (SSSR count). The summed E-state index contributed by atoms with van der Waals surface area (Å²) in [6.45, 7) is 1.69. The number of nitrogens with zero attached hydrogens (tertiary/aromatic N) is 2. The molecular weight excluding hydrogens is 623 g/mol. The van der Waals surface area contributed by atoms with E-state index in [4.69, 9.17) is 0 Å². The second-order valence-electron chi connectivity index (χ2n) is 13.4. The van der Waals surface area contributed by atoms with Crippen molar-refractivity contribution in [3.8, 4) is 5.75 Å². The number of anilines is 2. The summed E-state index contributed by atoms with van der Waals surface area (Å²) < 4.78 is 14.9. The quantitative estimate of drug-likeness (QED) is 0.156. The predicted octanol–water partition coefficient (Wildman–Crippen LogP) is 6.20. The number of phenols is 1. The molecule has 2 heterocycles. The number of hydrogen-bond acceptors (Lipinski definition) is 6. The minimum absolute atomic E-state index is 0.126. The lowest BCUT2D eigenvalue weighted by Gasteiger charge is -2.49. The summed E-state index contributed by atoms with van der Waals surface area (Å²) in [5, 5.41) is 11.1. The van der Waals surface area contributed by atoms with E-state index in [2.05, 4.69) is 0 Å². The molecule has 1 N–H and O–H groups in total. The number of carbonyl (C=O) groups excluding carboxylic acids is 5. The summed E-state index contributed by atoms with van der Waals surface area (Å²) in [6.07, 6.45) is 2.17. The smallest absolute Gasteiger partial charge is 0.241 e. The van der Waals surface area contributed by atoms with Crippen LogP contribution in [0.3, 0.4) is 0 Å². The number of amides is 4. The van der Waals surface area contributed by atoms with Gasteiger partial charge in [-0.1, -0.05) is 72.3 Å². The lowest BCUT2D eigenvalue weighted by Crippen LogP contribution is -2.49. The van der Waals surface area contributed by atoms with E-state index in [1.165, 1.54) is 6.07 Å². The van der Waals surface area contributed by atoms with Crippen LogP contribution in [0.2, 0.25) is 0 Å². The molecule has 49 heavy (non-hydrogen) atoms. The van der Waals surface area contributed by atoms with Gasteiger partial charge in [0.05, 0.1) is 34.5 Å². The fourth-order valence-electron chi connectivity index (χ4n) is 8.72. The van der Waals surface area contributed by atoms with Gasteiger partial charge in [-0.25, -0.2) is 9.29 Å². The third-order valence-corrected chi connectivity index (χ3v) is 11.0. The summed E-state index contributed by atoms with van der Waals surface area (Å²) in [6, 6.07) is 27.8. The lowest BCUT2D eigenvalue weighted by molar-refractivity contribution is -0.131. The molecule has 1 saturated carbocycles. The number of hydrogen-bond donors (Lipinski definition) is 1. The van der Waals surface area contributed by atoms with Crippen LogP contribution in [0, 0.1) is 34.9 Å². The molecule has 244 valence electrons. The molecule has 3 fully saturated rings. The van der Waals surface area contributed by atoms with Crippen LogP contribution in [0.4, 0.5) is 15.8 Å². The normalized spacial score (nSPS) is 27.5. The Hall–Kier alpha value is -5.70. The van der Waals surface area contributed by atoms with Crippen molar-refractivity contribution in [1.29, 1.82) is 0 Å². The van der Waals surface area contributed by atoms with E-state index in [-0.39, 0.29) is 30.1 Å². The third-order valence-electron chi connectivity index (χ3n) is 11.0. The van der Waals surface area contributed by atoms with E-state index in [9.17, 15) is 33.5 Å². The first kappa shape index (κ1) is 30.6. The molecule has 0 bridgehead atoms. The Morgan fingerprint density at radius 3 is 2.06 bits per heavy atom. The molecule has 2 aliphatic carbocycles. The van der Waals surface area contributed by atoms with E-state index in [0.29, 0.717) is 28.1 Å². The molecular formula is C40H31FN2O6. The first-order valence-electron chi connectivity index (χ1n) is 16.3. The first-order valence-corrected chi connectivity index (χ1v) is 16.3. The van der Waals surface area contributed by atoms with Crippen LogP contribution < -0.4 is 9.80 Å². The van der Waals surface area contributed by atoms with E-state index < -0.39 is 64.3 Å². The molecule has 0 unspecified atom stereocenters. The zero-order valence-corrected chi connectivity index (χ0v) is 26.5. The molecule has 9 heteroatoms. The van der Waals surface area contributed by atoms with Crippen LogP contribution in [-0.2, 0) is 19.2 Å². The number of rotatable bonds is 5. The summed E-state index contributed by atoms with van der Waals surface area (Å²) in [5.41, 5.74) is 1.05. The number of para-hydroxylation sites is 2. The average Bonchev–Trinajstić information content (AvgIpc) is 3.49. The van der Waals surface area contributed by atoms with Gasteiger partial charge in [0.1, 0.15) is 0 Å². The molecule has 0 aromatic heterocycles. The Kier molecular flexibility index (Phi) is 6.99. The second-order valence-corrected chi connectivity index (χ2v) is 13.4. The van der Waals surface area contributed by atoms with Crippen molar-refractivity contribution in [3.05, 3.63) is 137 Å². The molecule has 8 nitrogen and oxygen atoms in total. The maximum absolute atomic E-state index is 14.9. The minimum atomic E-state index is -1.40. The van der Waals surface area contributed by atoms with Crippen LogP contribution in [-0.4, -0.2) is 34.5 Å². The van der Waals surface area contributed by atoms with Crippen molar-refractivity contribution in [1.82, 2.24) is 0 Å². The van der Waals surface area contributed by atoms with Crippen LogP contribution in [0.5, 0.6) is 5.75 Å². The number of imide groups is 2. The maximum atomic E-state index is 14.9. The highest BCUT2D eigenvalue weighted by molar-refractivity contribution is 6.25. The Morgan fingerprint density at radius 1 is 0.735 bits per heavy atom. The first-order chi connectivity index (χ1) is 23.6. The molecule has 4 aromatic rings. The van der Waals surface area contributed by atoms with E-state index >= 15 is 0 Å². The van der Waals surface area contributed by atoms with Gasteiger partial charge >= 0.3 is 0 Å². The van der Waals surface area contributed by atoms with Crippen molar-refractivity contribution in [2.24, 2.45) is 29.1 Å². The zero-order chi connectivity index (χ0) is 34.2. The van der Waals surface area contributed by atoms with Gasteiger partial charge in [-0.15, -0.1) is 0 Å². The lowest BCUT2D eigenvalue weighted by atomic mass is 9.51. The standard InChI is InChI=1S/C40H31FN2O6/c1-40-30(37(47)43(39(40)49)24-11-6-3-7-12-24)21-29-26(33(40)28-13-8-14-31(41)35(28)45)19-20-27-32(29)38(48)42(36(27)46)25-17-15-23(16-18-25)34(44)22-9-4-2-5-10-22/h2-19,27,29-30,32-33,45H,20-21H2,1H3/t27-,29+,30-,32-,33+,40+/m0/s1. The van der Waals surface area contributed by atoms with Gasteiger partial charge in [0.15, 0.2) is 17.3 Å². The fraction of sp³-hybridized carbons (Fsp3) is 0.225. The number of fused-ring (bicyclic) bond motifs is 4. The zero-order valence-electron chi connectivity index (χ0n) is 26.5. The van der Waals surface area contributed by atoms with Crippen LogP contribution in [0.1, 0.15) is 47.2 Å². The molecule has 0 spiro atoms. The molecule has 4 amide bonds. The van der Waals surface area contributed by atoms with Crippen molar-refractivity contribution >= 4 is 40.8 Å². The average molecular weight is 655 g/mol. The van der Waals surface area contributed by atoms with Crippen LogP contribution in [0.15, 0.2) is 115 Å². The van der Waals surface area contributed by atoms with Gasteiger partial charge < -0.3 is 5.11 Å². The number of halogens is 1. The number of benzene rings is 4. The Balaban J connectivity index is 1.19. The number of ketones is 1. The maximum Gasteiger partial charge on any atom is 0.241 e. The Labute approximate surface area is 281 Å². The van der Waals surface area contributed by atoms with Crippen molar-refractivity contribution in [2.45, 2.75) is 25.7 Å². The van der Waals surface area contributed by atoms with Gasteiger partial charge in [0.2, 0.25) is 23.6 Å². The number of carbonyl (C=O) groups is 5. The molecule has 4 aromatic carbocycles. The Morgan fingerprint density at radius 2 is 1.37 bits per heavy atom. The van der Waals surface area contributed by atoms with Gasteiger partial charge in [0.25, 0.3) is 0 Å². The fourth-order valence-corrected chi connectivity index (χ4v) is 8.72. The van der Waals surface area contributed by atoms with Crippen molar-refractivity contribution in [2.75, 3.05) is 9.80 Å².